The van der Waals surface area contributed by atoms with Crippen molar-refractivity contribution in [2.45, 2.75) is 24.3 Å². The molecule has 0 aliphatic carbocycles. The van der Waals surface area contributed by atoms with Crippen LogP contribution < -0.4 is 0 Å². The molecule has 0 spiro atoms. The fraction of sp³-hybridized carbons (Fsp3) is 0.364. The highest BCUT2D eigenvalue weighted by molar-refractivity contribution is 9.10. The van der Waals surface area contributed by atoms with Gasteiger partial charge < -0.3 is 5.11 Å². The van der Waals surface area contributed by atoms with Gasteiger partial charge in [0.15, 0.2) is 0 Å². The maximum Gasteiger partial charge on any atom is 0.321 e. The van der Waals surface area contributed by atoms with E-state index in [1.165, 1.54) is 19.2 Å². The van der Waals surface area contributed by atoms with E-state index in [9.17, 15) is 13.2 Å². The first kappa shape index (κ1) is 17.7. The van der Waals surface area contributed by atoms with Crippen LogP contribution in [0.4, 0.5) is 0 Å². The summed E-state index contributed by atoms with van der Waals surface area (Å²) in [6.45, 7) is 1.58. The van der Waals surface area contributed by atoms with Crippen LogP contribution in [0.15, 0.2) is 21.5 Å². The number of carbonyl (C=O) groups is 1. The Morgan fingerprint density at radius 2 is 1.85 bits per heavy atom. The Morgan fingerprint density at radius 3 is 2.20 bits per heavy atom. The van der Waals surface area contributed by atoms with Gasteiger partial charge in [-0.2, -0.15) is 4.31 Å². The molecule has 0 aromatic heterocycles. The van der Waals surface area contributed by atoms with Crippen molar-refractivity contribution >= 4 is 55.1 Å². The van der Waals surface area contributed by atoms with E-state index in [0.29, 0.717) is 4.47 Å². The van der Waals surface area contributed by atoms with Gasteiger partial charge in [0.05, 0.1) is 10.0 Å². The zero-order valence-corrected chi connectivity index (χ0v) is 14.5. The van der Waals surface area contributed by atoms with Gasteiger partial charge >= 0.3 is 5.97 Å². The third kappa shape index (κ3) is 3.46. The summed E-state index contributed by atoms with van der Waals surface area (Å²) >= 11 is 15.0. The fourth-order valence-corrected chi connectivity index (χ4v) is 4.94. The first-order valence-electron chi connectivity index (χ1n) is 5.48. The Bertz CT molecular complexity index is 612. The maximum absolute atomic E-state index is 12.5. The van der Waals surface area contributed by atoms with Gasteiger partial charge in [0.2, 0.25) is 10.0 Å². The first-order chi connectivity index (χ1) is 9.12. The number of nitrogens with zero attached hydrogens (tertiary/aromatic N) is 1. The van der Waals surface area contributed by atoms with E-state index in [-0.39, 0.29) is 21.4 Å². The van der Waals surface area contributed by atoms with Crippen molar-refractivity contribution in [1.29, 1.82) is 0 Å². The molecule has 1 aromatic rings. The zero-order chi connectivity index (χ0) is 15.7. The van der Waals surface area contributed by atoms with E-state index in [4.69, 9.17) is 28.3 Å². The van der Waals surface area contributed by atoms with Gasteiger partial charge in [0.25, 0.3) is 0 Å². The molecule has 0 aliphatic heterocycles. The van der Waals surface area contributed by atoms with Gasteiger partial charge in [-0.05, 0) is 18.6 Å². The molecule has 0 heterocycles. The monoisotopic (exact) mass is 403 g/mol. The molecule has 1 rings (SSSR count). The molecule has 0 saturated carbocycles. The number of carboxylic acid groups (broad SMARTS) is 1. The second kappa shape index (κ2) is 6.62. The van der Waals surface area contributed by atoms with E-state index < -0.39 is 22.0 Å². The summed E-state index contributed by atoms with van der Waals surface area (Å²) in [5.74, 6) is -1.23. The number of aliphatic carboxylic acids is 1. The summed E-state index contributed by atoms with van der Waals surface area (Å²) in [4.78, 5) is 10.8. The molecular weight excluding hydrogens is 393 g/mol. The highest BCUT2D eigenvalue weighted by Gasteiger charge is 2.34. The Hall–Kier alpha value is -0.340. The normalized spacial score (nSPS) is 13.5. The number of likely N-dealkylation sites (N-methyl/N-ethyl adjacent to an activating group) is 1. The lowest BCUT2D eigenvalue weighted by Crippen LogP contribution is -2.42. The van der Waals surface area contributed by atoms with E-state index in [0.717, 1.165) is 4.31 Å². The molecule has 0 amide bonds. The SMILES string of the molecule is CCC(C(=O)O)N(C)S(=O)(=O)c1c(Cl)cc(Br)cc1Cl. The summed E-state index contributed by atoms with van der Waals surface area (Å²) in [6.07, 6.45) is 0.122. The Kier molecular flexibility index (Phi) is 5.86. The van der Waals surface area contributed by atoms with Gasteiger partial charge in [-0.15, -0.1) is 0 Å². The minimum Gasteiger partial charge on any atom is -0.480 e. The van der Waals surface area contributed by atoms with Gasteiger partial charge in [-0.1, -0.05) is 46.1 Å². The lowest BCUT2D eigenvalue weighted by atomic mass is 10.2. The van der Waals surface area contributed by atoms with Crippen LogP contribution >= 0.6 is 39.1 Å². The molecule has 112 valence electrons. The van der Waals surface area contributed by atoms with Crippen molar-refractivity contribution in [2.24, 2.45) is 0 Å². The molecule has 5 nitrogen and oxygen atoms in total. The number of rotatable bonds is 5. The quantitative estimate of drug-likeness (QED) is 0.817. The molecule has 9 heteroatoms. The van der Waals surface area contributed by atoms with Crippen LogP contribution in [0.3, 0.4) is 0 Å². The molecule has 1 aromatic carbocycles. The van der Waals surface area contributed by atoms with Crippen LogP contribution in [0.2, 0.25) is 10.0 Å². The average Bonchev–Trinajstić information content (AvgIpc) is 2.26. The molecular formula is C11H12BrCl2NO4S. The largest absolute Gasteiger partial charge is 0.480 e. The van der Waals surface area contributed by atoms with Crippen LogP contribution in [0.25, 0.3) is 0 Å². The lowest BCUT2D eigenvalue weighted by molar-refractivity contribution is -0.141. The van der Waals surface area contributed by atoms with Crippen LogP contribution in [0.5, 0.6) is 0 Å². The van der Waals surface area contributed by atoms with Gasteiger partial charge in [-0.3, -0.25) is 4.79 Å². The van der Waals surface area contributed by atoms with Crippen LogP contribution in [-0.2, 0) is 14.8 Å². The van der Waals surface area contributed by atoms with Crippen molar-refractivity contribution in [3.05, 3.63) is 26.7 Å². The minimum absolute atomic E-state index is 0.0727. The van der Waals surface area contributed by atoms with Crippen molar-refractivity contribution in [1.82, 2.24) is 4.31 Å². The van der Waals surface area contributed by atoms with Gasteiger partial charge in [-0.25, -0.2) is 8.42 Å². The second-order valence-electron chi connectivity index (χ2n) is 3.98. The molecule has 0 aliphatic rings. The highest BCUT2D eigenvalue weighted by Crippen LogP contribution is 2.35. The molecule has 1 unspecified atom stereocenters. The number of hydrogen-bond donors (Lipinski definition) is 1. The minimum atomic E-state index is -4.11. The Balaban J connectivity index is 3.41. The Morgan fingerprint density at radius 1 is 1.40 bits per heavy atom. The van der Waals surface area contributed by atoms with Crippen LogP contribution in [0.1, 0.15) is 13.3 Å². The molecule has 0 radical (unpaired) electrons. The Labute approximate surface area is 135 Å². The third-order valence-corrected chi connectivity index (χ3v) is 5.96. The summed E-state index contributed by atoms with van der Waals surface area (Å²) < 4.78 is 26.2. The maximum atomic E-state index is 12.5. The summed E-state index contributed by atoms with van der Waals surface area (Å²) in [5.41, 5.74) is 0. The van der Waals surface area contributed by atoms with E-state index >= 15 is 0 Å². The number of carboxylic acids is 1. The number of benzene rings is 1. The van der Waals surface area contributed by atoms with Crippen molar-refractivity contribution in [3.8, 4) is 0 Å². The second-order valence-corrected chi connectivity index (χ2v) is 7.65. The topological polar surface area (TPSA) is 74.7 Å². The van der Waals surface area contributed by atoms with Crippen molar-refractivity contribution < 1.29 is 18.3 Å². The lowest BCUT2D eigenvalue weighted by Gasteiger charge is -2.24. The zero-order valence-electron chi connectivity index (χ0n) is 10.6. The number of hydrogen-bond acceptors (Lipinski definition) is 3. The van der Waals surface area contributed by atoms with Crippen LogP contribution in [-0.4, -0.2) is 36.9 Å². The average molecular weight is 405 g/mol. The molecule has 1 N–H and O–H groups in total. The highest BCUT2D eigenvalue weighted by atomic mass is 79.9. The smallest absolute Gasteiger partial charge is 0.321 e. The first-order valence-corrected chi connectivity index (χ1v) is 8.47. The molecule has 0 bridgehead atoms. The van der Waals surface area contributed by atoms with E-state index in [1.807, 2.05) is 0 Å². The van der Waals surface area contributed by atoms with Crippen molar-refractivity contribution in [3.63, 3.8) is 0 Å². The molecule has 20 heavy (non-hydrogen) atoms. The molecule has 0 saturated heterocycles. The van der Waals surface area contributed by atoms with Crippen molar-refractivity contribution in [2.75, 3.05) is 7.05 Å². The molecule has 1 atom stereocenters. The molecule has 0 fully saturated rings. The predicted octanol–water partition coefficient (Wildman–Crippen LogP) is 3.24. The number of sulfonamides is 1. The third-order valence-electron chi connectivity index (χ3n) is 2.71. The van der Waals surface area contributed by atoms with Crippen LogP contribution in [0, 0.1) is 0 Å². The fourth-order valence-electron chi connectivity index (χ4n) is 1.67. The number of halogens is 3. The summed E-state index contributed by atoms with van der Waals surface area (Å²) in [7, 11) is -2.92. The standard InChI is InChI=1S/C11H12BrCl2NO4S/c1-3-9(11(16)17)15(2)20(18,19)10-7(13)4-6(12)5-8(10)14/h4-5,9H,3H2,1-2H3,(H,16,17). The van der Waals surface area contributed by atoms with Gasteiger partial charge in [0, 0.05) is 11.5 Å². The van der Waals surface area contributed by atoms with E-state index in [1.54, 1.807) is 6.92 Å². The summed E-state index contributed by atoms with van der Waals surface area (Å²) in [6, 6.07) is 1.59. The van der Waals surface area contributed by atoms with Gasteiger partial charge in [0.1, 0.15) is 10.9 Å². The predicted molar refractivity (Wildman–Crippen MR) is 80.8 cm³/mol. The summed E-state index contributed by atoms with van der Waals surface area (Å²) in [5, 5.41) is 8.91. The van der Waals surface area contributed by atoms with E-state index in [2.05, 4.69) is 15.9 Å².